The summed E-state index contributed by atoms with van der Waals surface area (Å²) in [6, 6.07) is 7.93. The number of nitrogen functional groups attached to an aromatic ring is 1. The number of nitrogens with zero attached hydrogens (tertiary/aromatic N) is 1. The summed E-state index contributed by atoms with van der Waals surface area (Å²) in [7, 11) is 0. The van der Waals surface area contributed by atoms with Gasteiger partial charge < -0.3 is 15.7 Å². The van der Waals surface area contributed by atoms with Gasteiger partial charge in [-0.15, -0.1) is 0 Å². The number of hydrogen-bond acceptors (Lipinski definition) is 3. The minimum Gasteiger partial charge on any atom is -0.399 e. The van der Waals surface area contributed by atoms with Gasteiger partial charge in [0.25, 0.3) is 0 Å². The molecule has 1 saturated heterocycles. The summed E-state index contributed by atoms with van der Waals surface area (Å²) in [5.41, 5.74) is 7.64. The molecule has 3 heteroatoms. The van der Waals surface area contributed by atoms with E-state index in [1.165, 1.54) is 5.69 Å². The smallest absolute Gasteiger partial charge is 0.0599 e. The molecule has 0 aromatic heterocycles. The van der Waals surface area contributed by atoms with Gasteiger partial charge in [-0.3, -0.25) is 0 Å². The molecule has 0 bridgehead atoms. The molecule has 82 valence electrons. The van der Waals surface area contributed by atoms with Crippen molar-refractivity contribution in [3.63, 3.8) is 0 Å². The average molecular weight is 206 g/mol. The Balaban J connectivity index is 2.08. The topological polar surface area (TPSA) is 49.5 Å². The third-order valence-corrected chi connectivity index (χ3v) is 3.12. The molecule has 1 heterocycles. The highest BCUT2D eigenvalue weighted by molar-refractivity contribution is 5.53. The van der Waals surface area contributed by atoms with Crippen LogP contribution in [0.4, 0.5) is 11.4 Å². The molecule has 1 aliphatic rings. The minimum atomic E-state index is -0.143. The van der Waals surface area contributed by atoms with Crippen LogP contribution in [0, 0.1) is 5.92 Å². The fraction of sp³-hybridized carbons (Fsp3) is 0.500. The average Bonchev–Trinajstić information content (AvgIpc) is 2.23. The Morgan fingerprint density at radius 3 is 2.60 bits per heavy atom. The Bertz CT molecular complexity index is 323. The van der Waals surface area contributed by atoms with Gasteiger partial charge >= 0.3 is 0 Å². The molecule has 0 aliphatic carbocycles. The second kappa shape index (κ2) is 4.11. The fourth-order valence-corrected chi connectivity index (χ4v) is 2.05. The predicted octanol–water partition coefficient (Wildman–Crippen LogP) is 1.48. The van der Waals surface area contributed by atoms with E-state index >= 15 is 0 Å². The lowest BCUT2D eigenvalue weighted by molar-refractivity contribution is 0.0971. The third kappa shape index (κ3) is 2.23. The van der Waals surface area contributed by atoms with Crippen LogP contribution in [0.5, 0.6) is 0 Å². The zero-order chi connectivity index (χ0) is 10.8. The quantitative estimate of drug-likeness (QED) is 0.684. The summed E-state index contributed by atoms with van der Waals surface area (Å²) < 4.78 is 0. The highest BCUT2D eigenvalue weighted by atomic mass is 16.3. The summed E-state index contributed by atoms with van der Waals surface area (Å²) >= 11 is 0. The number of nitrogens with two attached hydrogens (primary N) is 1. The molecule has 0 radical (unpaired) electrons. The van der Waals surface area contributed by atoms with E-state index in [2.05, 4.69) is 11.8 Å². The number of hydrogen-bond donors (Lipinski definition) is 2. The first-order valence-corrected chi connectivity index (χ1v) is 5.45. The Hall–Kier alpha value is -1.22. The summed E-state index contributed by atoms with van der Waals surface area (Å²) in [6.07, 6.45) is 0.709. The zero-order valence-corrected chi connectivity index (χ0v) is 9.06. The maximum Gasteiger partial charge on any atom is 0.0599 e. The van der Waals surface area contributed by atoms with E-state index in [9.17, 15) is 5.11 Å². The lowest BCUT2D eigenvalue weighted by atomic mass is 9.96. The third-order valence-electron chi connectivity index (χ3n) is 3.12. The molecule has 2 atom stereocenters. The van der Waals surface area contributed by atoms with Gasteiger partial charge in [0, 0.05) is 24.5 Å². The first-order chi connectivity index (χ1) is 7.16. The van der Waals surface area contributed by atoms with Gasteiger partial charge in [-0.1, -0.05) is 6.92 Å². The molecule has 0 amide bonds. The second-order valence-corrected chi connectivity index (χ2v) is 4.37. The molecule has 1 aromatic carbocycles. The van der Waals surface area contributed by atoms with Crippen molar-refractivity contribution in [3.05, 3.63) is 24.3 Å². The molecular weight excluding hydrogens is 188 g/mol. The van der Waals surface area contributed by atoms with E-state index in [0.717, 1.165) is 25.2 Å². The molecule has 0 saturated carbocycles. The van der Waals surface area contributed by atoms with Gasteiger partial charge in [-0.2, -0.15) is 0 Å². The highest BCUT2D eigenvalue weighted by Crippen LogP contribution is 2.23. The van der Waals surface area contributed by atoms with E-state index in [0.29, 0.717) is 5.92 Å². The van der Waals surface area contributed by atoms with E-state index < -0.39 is 0 Å². The van der Waals surface area contributed by atoms with Gasteiger partial charge in [0.1, 0.15) is 0 Å². The van der Waals surface area contributed by atoms with Crippen molar-refractivity contribution in [3.8, 4) is 0 Å². The van der Waals surface area contributed by atoms with Gasteiger partial charge in [0.2, 0.25) is 0 Å². The minimum absolute atomic E-state index is 0.143. The molecule has 0 spiro atoms. The van der Waals surface area contributed by atoms with Crippen LogP contribution in [0.1, 0.15) is 13.3 Å². The molecule has 2 unspecified atom stereocenters. The van der Waals surface area contributed by atoms with Crippen LogP contribution in [0.2, 0.25) is 0 Å². The lowest BCUT2D eigenvalue weighted by Crippen LogP contribution is -2.41. The molecule has 1 aliphatic heterocycles. The van der Waals surface area contributed by atoms with Crippen LogP contribution in [0.25, 0.3) is 0 Å². The molecule has 1 fully saturated rings. The van der Waals surface area contributed by atoms with E-state index in [1.54, 1.807) is 0 Å². The Morgan fingerprint density at radius 1 is 1.33 bits per heavy atom. The normalized spacial score (nSPS) is 26.7. The first-order valence-electron chi connectivity index (χ1n) is 5.45. The van der Waals surface area contributed by atoms with E-state index in [4.69, 9.17) is 5.73 Å². The van der Waals surface area contributed by atoms with Gasteiger partial charge in [-0.05, 0) is 36.6 Å². The van der Waals surface area contributed by atoms with E-state index in [-0.39, 0.29) is 6.10 Å². The van der Waals surface area contributed by atoms with Crippen LogP contribution in [0.3, 0.4) is 0 Å². The maximum atomic E-state index is 9.64. The van der Waals surface area contributed by atoms with Crippen molar-refractivity contribution in [2.24, 2.45) is 5.92 Å². The van der Waals surface area contributed by atoms with Crippen molar-refractivity contribution < 1.29 is 5.11 Å². The Labute approximate surface area is 90.5 Å². The monoisotopic (exact) mass is 206 g/mol. The van der Waals surface area contributed by atoms with Crippen molar-refractivity contribution in [1.82, 2.24) is 0 Å². The van der Waals surface area contributed by atoms with Crippen LogP contribution < -0.4 is 10.6 Å². The number of anilines is 2. The number of aliphatic hydroxyl groups excluding tert-OH is 1. The summed E-state index contributed by atoms with van der Waals surface area (Å²) in [6.45, 7) is 3.94. The van der Waals surface area contributed by atoms with Crippen LogP contribution in [-0.4, -0.2) is 24.3 Å². The molecular formula is C12H18N2O. The highest BCUT2D eigenvalue weighted by Gasteiger charge is 2.23. The van der Waals surface area contributed by atoms with Crippen molar-refractivity contribution >= 4 is 11.4 Å². The number of benzene rings is 1. The van der Waals surface area contributed by atoms with Crippen molar-refractivity contribution in [1.29, 1.82) is 0 Å². The standard InChI is InChI=1S/C12H18N2O/c1-9-8-14(7-6-12(9)15)11-4-2-10(13)3-5-11/h2-5,9,12,15H,6-8,13H2,1H3. The second-order valence-electron chi connectivity index (χ2n) is 4.37. The molecule has 2 rings (SSSR count). The number of piperidine rings is 1. The van der Waals surface area contributed by atoms with Gasteiger partial charge in [-0.25, -0.2) is 0 Å². The lowest BCUT2D eigenvalue weighted by Gasteiger charge is -2.36. The van der Waals surface area contributed by atoms with E-state index in [1.807, 2.05) is 24.3 Å². The predicted molar refractivity (Wildman–Crippen MR) is 62.9 cm³/mol. The van der Waals surface area contributed by atoms with Crippen LogP contribution >= 0.6 is 0 Å². The maximum absolute atomic E-state index is 9.64. The Morgan fingerprint density at radius 2 is 2.00 bits per heavy atom. The van der Waals surface area contributed by atoms with Crippen LogP contribution in [-0.2, 0) is 0 Å². The van der Waals surface area contributed by atoms with Crippen molar-refractivity contribution in [2.45, 2.75) is 19.4 Å². The molecule has 15 heavy (non-hydrogen) atoms. The number of rotatable bonds is 1. The van der Waals surface area contributed by atoms with Gasteiger partial charge in [0.05, 0.1) is 6.10 Å². The summed E-state index contributed by atoms with van der Waals surface area (Å²) in [5, 5.41) is 9.64. The SMILES string of the molecule is CC1CN(c2ccc(N)cc2)CCC1O. The van der Waals surface area contributed by atoms with Gasteiger partial charge in [0.15, 0.2) is 0 Å². The fourth-order valence-electron chi connectivity index (χ4n) is 2.05. The van der Waals surface area contributed by atoms with Crippen LogP contribution in [0.15, 0.2) is 24.3 Å². The summed E-state index contributed by atoms with van der Waals surface area (Å²) in [4.78, 5) is 2.30. The largest absolute Gasteiger partial charge is 0.399 e. The zero-order valence-electron chi connectivity index (χ0n) is 9.06. The molecule has 3 N–H and O–H groups in total. The molecule has 3 nitrogen and oxygen atoms in total. The Kier molecular flexibility index (Phi) is 2.82. The molecule has 1 aromatic rings. The van der Waals surface area contributed by atoms with Crippen molar-refractivity contribution in [2.75, 3.05) is 23.7 Å². The first kappa shape index (κ1) is 10.3. The number of aliphatic hydroxyl groups is 1. The summed E-state index contributed by atoms with van der Waals surface area (Å²) in [5.74, 6) is 0.344.